The first-order chi connectivity index (χ1) is 45.9. The number of β-amino-alcohol motifs (C(OH)–C–C–N with tert-alkyl or cyclic N) is 1. The third kappa shape index (κ3) is 17.5. The van der Waals surface area contributed by atoms with Crippen molar-refractivity contribution in [2.75, 3.05) is 26.2 Å². The number of nitrogens with zero attached hydrogens (tertiary/aromatic N) is 4. The van der Waals surface area contributed by atoms with Crippen molar-refractivity contribution < 1.29 is 137 Å². The van der Waals surface area contributed by atoms with Crippen molar-refractivity contribution in [1.29, 1.82) is 0 Å². The van der Waals surface area contributed by atoms with Gasteiger partial charge in [-0.3, -0.25) is 43.4 Å². The van der Waals surface area contributed by atoms with Gasteiger partial charge in [0.2, 0.25) is 53.1 Å². The van der Waals surface area contributed by atoms with Crippen LogP contribution >= 0.6 is 12.3 Å². The molecule has 5 aromatic carbocycles. The minimum Gasteiger partial charge on any atom is -0.691 e. The molecule has 14 atom stereocenters. The Balaban J connectivity index is 0.0000120. The normalized spacial score (nSPS) is 24.2. The molecule has 32 nitrogen and oxygen atoms in total. The third-order valence-corrected chi connectivity index (χ3v) is 16.9. The van der Waals surface area contributed by atoms with Gasteiger partial charge in [0.1, 0.15) is 54.2 Å². The summed E-state index contributed by atoms with van der Waals surface area (Å²) in [6.07, 6.45) is -15.5. The quantitative estimate of drug-likeness (QED) is 0.0119. The molecule has 3 saturated heterocycles. The Morgan fingerprint density at radius 1 is 0.763 bits per heavy atom. The maximum absolute atomic E-state index is 14.8. The van der Waals surface area contributed by atoms with Crippen LogP contribution in [0.25, 0.3) is 44.8 Å². The Morgan fingerprint density at radius 2 is 1.40 bits per heavy atom. The Kier molecular flexibility index (Phi) is 25.5. The maximum Gasteiger partial charge on any atom is 1.00 e. The van der Waals surface area contributed by atoms with Gasteiger partial charge in [0.05, 0.1) is 43.5 Å². The molecule has 0 bridgehead atoms. The van der Waals surface area contributed by atoms with Gasteiger partial charge < -0.3 is 102 Å². The van der Waals surface area contributed by atoms with E-state index in [1.807, 2.05) is 55.5 Å². The van der Waals surface area contributed by atoms with Crippen LogP contribution in [0.4, 0.5) is 0 Å². The number of primary amides is 1. The summed E-state index contributed by atoms with van der Waals surface area (Å²) in [5.41, 5.74) is 7.89. The van der Waals surface area contributed by atoms with Crippen LogP contribution in [0.1, 0.15) is 68.5 Å². The number of fused-ring (bicyclic) bond motifs is 3. The number of amides is 8. The molecule has 97 heavy (non-hydrogen) atoms. The molecular formula is C63H71N10NaO22S. The van der Waals surface area contributed by atoms with E-state index in [1.54, 1.807) is 24.3 Å². The van der Waals surface area contributed by atoms with Crippen molar-refractivity contribution in [2.24, 2.45) is 11.7 Å². The summed E-state index contributed by atoms with van der Waals surface area (Å²) in [6.45, 7) is 3.24. The topological polar surface area (TPSA) is 490 Å². The molecule has 0 saturated carbocycles. The number of nitrogens with one attached hydrogen (secondary N) is 5. The number of aliphatic hydroxyl groups is 7. The monoisotopic (exact) mass is 1370 g/mol. The first kappa shape index (κ1) is 74.4. The van der Waals surface area contributed by atoms with Crippen molar-refractivity contribution in [3.05, 3.63) is 114 Å². The molecule has 0 radical (unpaired) electrons. The van der Waals surface area contributed by atoms with E-state index in [0.717, 1.165) is 58.2 Å². The number of aromatic hydroxyl groups is 1. The van der Waals surface area contributed by atoms with Crippen molar-refractivity contribution >= 4 is 70.4 Å². The number of hydrogen-bond acceptors (Lipinski definition) is 25. The molecule has 15 N–H and O–H groups in total. The minimum atomic E-state index is -2.55. The van der Waals surface area contributed by atoms with Crippen molar-refractivity contribution in [3.8, 4) is 51.3 Å². The van der Waals surface area contributed by atoms with Crippen molar-refractivity contribution in [3.63, 3.8) is 0 Å². The Bertz CT molecular complexity index is 3820. The fourth-order valence-corrected chi connectivity index (χ4v) is 11.8. The molecule has 9 rings (SSSR count). The van der Waals surface area contributed by atoms with Crippen LogP contribution in [0.2, 0.25) is 0 Å². The number of phenolic OH excluding ortho intramolecular Hbond substituents is 1. The number of benzene rings is 5. The smallest absolute Gasteiger partial charge is 0.691 e. The molecule has 3 fully saturated rings. The van der Waals surface area contributed by atoms with Crippen LogP contribution in [0.5, 0.6) is 17.2 Å². The number of aliphatic hydroxyl groups excluding tert-OH is 7. The largest absolute Gasteiger partial charge is 1.00 e. The Labute approximate surface area is 579 Å². The standard InChI is InChI=1S/C63H72N10O22S.Na/c1-4-21-91-37-16-13-32(14-17-37)31-9-11-33(12-10-31)60-70-71-61(92-60)41-19-18-40(38-7-5-6-8-39(38)41)55(83)66-42-23-35(75)26-65-59(87)51-52(80)29(2)27-73(51)63(89)49(45(78)25-47(64)79)68-58(86)50(54(82)53(81)34-15-20-44(77)46(22-34)93-96-95-94-90)69-57(85)43-24-36(76)28-72(43)62(88)48(30(3)74)67-56(42)84;/h5-20,22,29-30,35-36,42-43,45,48-54,74-78,80-82,90H,4,21,23-28H2,1-3H3,(H2,64,79)(H,65,87)(H,66,83)(H,67,84)(H,68,86)(H,69,85);/q;+1/p-1. The fraction of sp³-hybridized carbons (Fsp3) is 0.397. The summed E-state index contributed by atoms with van der Waals surface area (Å²) in [5.74, 6) is -11.1. The first-order valence-electron chi connectivity index (χ1n) is 30.3. The predicted molar refractivity (Wildman–Crippen MR) is 332 cm³/mol. The number of carbonyl (C=O) groups is 8. The second-order valence-electron chi connectivity index (χ2n) is 23.4. The molecule has 0 spiro atoms. The predicted octanol–water partition coefficient (Wildman–Crippen LogP) is -4.80. The van der Waals surface area contributed by atoms with Gasteiger partial charge in [0.15, 0.2) is 11.5 Å². The molecule has 14 unspecified atom stereocenters. The molecule has 0 aliphatic carbocycles. The van der Waals surface area contributed by atoms with Crippen LogP contribution in [0.3, 0.4) is 0 Å². The summed E-state index contributed by atoms with van der Waals surface area (Å²) in [4.78, 5) is 116. The van der Waals surface area contributed by atoms with E-state index in [4.69, 9.17) is 19.1 Å². The fourth-order valence-electron chi connectivity index (χ4n) is 11.6. The van der Waals surface area contributed by atoms with Gasteiger partial charge in [-0.1, -0.05) is 68.4 Å². The first-order valence-corrected chi connectivity index (χ1v) is 31.0. The zero-order valence-corrected chi connectivity index (χ0v) is 55.4. The van der Waals surface area contributed by atoms with Gasteiger partial charge in [-0.15, -0.1) is 14.5 Å². The van der Waals surface area contributed by atoms with Crippen LogP contribution in [-0.4, -0.2) is 207 Å². The Morgan fingerprint density at radius 3 is 2.07 bits per heavy atom. The van der Waals surface area contributed by atoms with Crippen LogP contribution in [-0.2, 0) is 42.9 Å². The zero-order chi connectivity index (χ0) is 69.2. The zero-order valence-electron chi connectivity index (χ0n) is 52.6. The van der Waals surface area contributed by atoms with E-state index in [-0.39, 0.29) is 64.8 Å². The van der Waals surface area contributed by atoms with Gasteiger partial charge in [-0.05, 0) is 89.3 Å². The van der Waals surface area contributed by atoms with E-state index >= 15 is 0 Å². The summed E-state index contributed by atoms with van der Waals surface area (Å²) in [5, 5.41) is 126. The van der Waals surface area contributed by atoms with E-state index in [1.165, 1.54) is 19.1 Å². The van der Waals surface area contributed by atoms with Gasteiger partial charge in [0.25, 0.3) is 18.2 Å². The average molecular weight is 1380 g/mol. The molecule has 512 valence electrons. The number of nitrogens with two attached hydrogens (primary N) is 1. The van der Waals surface area contributed by atoms with Gasteiger partial charge in [0, 0.05) is 55.1 Å². The van der Waals surface area contributed by atoms with Gasteiger partial charge in [-0.25, -0.2) is 0 Å². The maximum atomic E-state index is 14.8. The van der Waals surface area contributed by atoms with Crippen LogP contribution < -0.4 is 76.1 Å². The minimum absolute atomic E-state index is 0. The van der Waals surface area contributed by atoms with E-state index in [9.17, 15) is 84.5 Å². The number of phenols is 1. The molecule has 6 aromatic rings. The van der Waals surface area contributed by atoms with E-state index < -0.39 is 183 Å². The number of hydrogen-bond donors (Lipinski definition) is 14. The molecule has 34 heteroatoms. The Hall–Kier alpha value is -8.39. The van der Waals surface area contributed by atoms with Gasteiger partial charge in [-0.2, -0.15) is 0 Å². The molecule has 8 amide bonds. The van der Waals surface area contributed by atoms with E-state index in [2.05, 4.69) is 46.2 Å². The SMILES string of the molecule is CCCOc1ccc(-c2ccc(-c3nnc(-c4ccc(C(=O)NC5CC(O)CNC(=O)C6C(O)C(C)CN6C(=O)C(C(O)CC(N)=O)NC(=O)C(C(O)C(O)c6ccc(O)c(OSOO[O-])c6)NC(=O)C6CC(O)CN6C(=O)C(C(C)O)NC5=O)c5ccccc45)o3)cc2)cc1.[Na+]. The third-order valence-electron chi connectivity index (χ3n) is 16.6. The van der Waals surface area contributed by atoms with Crippen molar-refractivity contribution in [1.82, 2.24) is 46.6 Å². The number of ether oxygens (including phenoxy) is 1. The van der Waals surface area contributed by atoms with Gasteiger partial charge >= 0.3 is 29.6 Å². The summed E-state index contributed by atoms with van der Waals surface area (Å²) in [7, 11) is 0. The summed E-state index contributed by atoms with van der Waals surface area (Å²) in [6, 6.07) is 15.1. The number of rotatable bonds is 19. The molecule has 3 aliphatic heterocycles. The van der Waals surface area contributed by atoms with Crippen LogP contribution in [0.15, 0.2) is 108 Å². The molecule has 4 heterocycles. The second-order valence-corrected chi connectivity index (χ2v) is 23.9. The van der Waals surface area contributed by atoms with E-state index in [0.29, 0.717) is 28.5 Å². The molecule has 3 aliphatic rings. The summed E-state index contributed by atoms with van der Waals surface area (Å²) >= 11 is -0.0895. The summed E-state index contributed by atoms with van der Waals surface area (Å²) < 4.78 is 21.0. The van der Waals surface area contributed by atoms with Crippen LogP contribution in [0, 0.1) is 5.92 Å². The average Bonchev–Trinajstić information content (AvgIpc) is 1.71. The number of carbonyl (C=O) groups excluding carboxylic acids is 8. The van der Waals surface area contributed by atoms with Crippen molar-refractivity contribution in [2.45, 2.75) is 125 Å². The second kappa shape index (κ2) is 33.2. The molecule has 1 aromatic heterocycles. The number of aromatic nitrogens is 2. The molecular weight excluding hydrogens is 1300 g/mol.